The molecule has 138 valence electrons. The minimum atomic E-state index is -3.67. The molecule has 1 aliphatic carbocycles. The number of carboxylic acid groups (broad SMARTS) is 1. The number of carbonyl (C=O) groups excluding carboxylic acids is 1. The highest BCUT2D eigenvalue weighted by Crippen LogP contribution is 2.45. The van der Waals surface area contributed by atoms with Gasteiger partial charge in [0.25, 0.3) is 5.91 Å². The summed E-state index contributed by atoms with van der Waals surface area (Å²) in [6.45, 7) is 0.281. The summed E-state index contributed by atoms with van der Waals surface area (Å²) < 4.78 is 27.1. The molecule has 1 fully saturated rings. The van der Waals surface area contributed by atoms with Crippen molar-refractivity contribution in [2.75, 3.05) is 6.54 Å². The van der Waals surface area contributed by atoms with E-state index in [9.17, 15) is 18.0 Å². The maximum absolute atomic E-state index is 12.3. The van der Waals surface area contributed by atoms with Crippen molar-refractivity contribution in [2.45, 2.75) is 24.3 Å². The molecule has 0 bridgehead atoms. The van der Waals surface area contributed by atoms with Crippen molar-refractivity contribution in [2.24, 2.45) is 5.41 Å². The second-order valence-electron chi connectivity index (χ2n) is 6.20. The molecule has 2 aromatic rings. The number of thiophene rings is 1. The fourth-order valence-corrected chi connectivity index (χ4v) is 4.16. The first-order valence-corrected chi connectivity index (χ1v) is 10.3. The number of carbonyl (C=O) groups is 2. The van der Waals surface area contributed by atoms with Crippen LogP contribution >= 0.6 is 11.3 Å². The van der Waals surface area contributed by atoms with Crippen LogP contribution in [0.1, 0.15) is 28.1 Å². The van der Waals surface area contributed by atoms with Crippen molar-refractivity contribution in [3.63, 3.8) is 0 Å². The van der Waals surface area contributed by atoms with Gasteiger partial charge < -0.3 is 10.4 Å². The van der Waals surface area contributed by atoms with Crippen LogP contribution in [-0.4, -0.2) is 31.9 Å². The standard InChI is InChI=1S/C17H18N2O5S2/c20-15(18-11-17(7-8-17)16(21)22)12-3-5-14(6-4-12)26(23,24)19-10-13-2-1-9-25-13/h1-6,9,19H,7-8,10-11H2,(H,18,20)(H,21,22). The molecule has 1 aromatic heterocycles. The molecule has 0 spiro atoms. The highest BCUT2D eigenvalue weighted by Gasteiger charge is 2.50. The minimum Gasteiger partial charge on any atom is -0.481 e. The summed E-state index contributed by atoms with van der Waals surface area (Å²) in [5.41, 5.74) is -0.562. The Balaban J connectivity index is 1.60. The molecule has 7 nitrogen and oxygen atoms in total. The Labute approximate surface area is 155 Å². The van der Waals surface area contributed by atoms with E-state index in [2.05, 4.69) is 10.0 Å². The fourth-order valence-electron chi connectivity index (χ4n) is 2.42. The number of benzene rings is 1. The average Bonchev–Trinajstić information content (AvgIpc) is 3.25. The smallest absolute Gasteiger partial charge is 0.311 e. The predicted octanol–water partition coefficient (Wildman–Crippen LogP) is 1.82. The third-order valence-electron chi connectivity index (χ3n) is 4.34. The lowest BCUT2D eigenvalue weighted by Gasteiger charge is -2.11. The quantitative estimate of drug-likeness (QED) is 0.632. The largest absolute Gasteiger partial charge is 0.481 e. The zero-order chi connectivity index (χ0) is 18.8. The maximum atomic E-state index is 12.3. The Bertz CT molecular complexity index is 901. The summed E-state index contributed by atoms with van der Waals surface area (Å²) in [7, 11) is -3.67. The van der Waals surface area contributed by atoms with Gasteiger partial charge in [-0.1, -0.05) is 6.07 Å². The second-order valence-corrected chi connectivity index (χ2v) is 9.00. The van der Waals surface area contributed by atoms with Crippen molar-refractivity contribution in [3.05, 3.63) is 52.2 Å². The van der Waals surface area contributed by atoms with E-state index in [1.165, 1.54) is 35.6 Å². The summed E-state index contributed by atoms with van der Waals surface area (Å²) in [6.07, 6.45) is 1.10. The van der Waals surface area contributed by atoms with Crippen LogP contribution in [0.2, 0.25) is 0 Å². The third-order valence-corrected chi connectivity index (χ3v) is 6.63. The van der Waals surface area contributed by atoms with Gasteiger partial charge in [-0.3, -0.25) is 9.59 Å². The average molecular weight is 394 g/mol. The Morgan fingerprint density at radius 2 is 1.85 bits per heavy atom. The van der Waals surface area contributed by atoms with E-state index in [0.717, 1.165) is 4.88 Å². The Hall–Kier alpha value is -2.23. The Kier molecular flexibility index (Phi) is 5.12. The van der Waals surface area contributed by atoms with E-state index in [0.29, 0.717) is 12.8 Å². The molecule has 0 atom stereocenters. The molecule has 1 heterocycles. The molecule has 0 unspecified atom stereocenters. The minimum absolute atomic E-state index is 0.0646. The van der Waals surface area contributed by atoms with Gasteiger partial charge in [-0.2, -0.15) is 0 Å². The van der Waals surface area contributed by atoms with Gasteiger partial charge in [-0.15, -0.1) is 11.3 Å². The van der Waals surface area contributed by atoms with Crippen molar-refractivity contribution in [1.29, 1.82) is 0 Å². The van der Waals surface area contributed by atoms with Crippen molar-refractivity contribution in [1.82, 2.24) is 10.0 Å². The molecule has 3 N–H and O–H groups in total. The molecule has 1 aromatic carbocycles. The van der Waals surface area contributed by atoms with Gasteiger partial charge in [0.15, 0.2) is 0 Å². The number of sulfonamides is 1. The van der Waals surface area contributed by atoms with Crippen LogP contribution in [0.4, 0.5) is 0 Å². The van der Waals surface area contributed by atoms with Crippen LogP contribution in [0.5, 0.6) is 0 Å². The molecule has 0 saturated heterocycles. The molecule has 0 aliphatic heterocycles. The Morgan fingerprint density at radius 1 is 1.15 bits per heavy atom. The zero-order valence-electron chi connectivity index (χ0n) is 13.8. The number of nitrogens with one attached hydrogen (secondary N) is 2. The van der Waals surface area contributed by atoms with Gasteiger partial charge in [0.2, 0.25) is 10.0 Å². The number of hydrogen-bond donors (Lipinski definition) is 3. The summed E-state index contributed by atoms with van der Waals surface area (Å²) >= 11 is 1.46. The van der Waals surface area contributed by atoms with E-state index < -0.39 is 27.3 Å². The normalized spacial score (nSPS) is 15.4. The molecule has 9 heteroatoms. The molecular weight excluding hydrogens is 376 g/mol. The van der Waals surface area contributed by atoms with Gasteiger partial charge >= 0.3 is 5.97 Å². The van der Waals surface area contributed by atoms with Crippen LogP contribution in [0.25, 0.3) is 0 Å². The summed E-state index contributed by atoms with van der Waals surface area (Å²) in [5.74, 6) is -1.33. The van der Waals surface area contributed by atoms with E-state index in [1.807, 2.05) is 17.5 Å². The zero-order valence-corrected chi connectivity index (χ0v) is 15.4. The topological polar surface area (TPSA) is 113 Å². The second kappa shape index (κ2) is 7.18. The van der Waals surface area contributed by atoms with Gasteiger partial charge in [-0.25, -0.2) is 13.1 Å². The van der Waals surface area contributed by atoms with Gasteiger partial charge in [-0.05, 0) is 48.6 Å². The summed E-state index contributed by atoms with van der Waals surface area (Å²) in [4.78, 5) is 24.2. The van der Waals surface area contributed by atoms with Crippen LogP contribution in [0, 0.1) is 5.41 Å². The molecular formula is C17H18N2O5S2. The number of aliphatic carboxylic acids is 1. The molecule has 0 radical (unpaired) electrons. The van der Waals surface area contributed by atoms with Crippen molar-refractivity contribution in [3.8, 4) is 0 Å². The highest BCUT2D eigenvalue weighted by atomic mass is 32.2. The molecule has 26 heavy (non-hydrogen) atoms. The van der Waals surface area contributed by atoms with E-state index in [1.54, 1.807) is 0 Å². The number of amides is 1. The van der Waals surface area contributed by atoms with Crippen LogP contribution in [0.15, 0.2) is 46.7 Å². The van der Waals surface area contributed by atoms with Crippen LogP contribution < -0.4 is 10.0 Å². The number of rotatable bonds is 8. The first-order valence-electron chi connectivity index (χ1n) is 7.96. The first-order chi connectivity index (χ1) is 12.3. The maximum Gasteiger partial charge on any atom is 0.311 e. The molecule has 1 aliphatic rings. The summed E-state index contributed by atoms with van der Waals surface area (Å²) in [5, 5.41) is 13.6. The number of hydrogen-bond acceptors (Lipinski definition) is 5. The molecule has 3 rings (SSSR count). The van der Waals surface area contributed by atoms with Crippen LogP contribution in [-0.2, 0) is 21.4 Å². The van der Waals surface area contributed by atoms with Gasteiger partial charge in [0.1, 0.15) is 0 Å². The van der Waals surface area contributed by atoms with Gasteiger partial charge in [0.05, 0.1) is 10.3 Å². The van der Waals surface area contributed by atoms with E-state index >= 15 is 0 Å². The predicted molar refractivity (Wildman–Crippen MR) is 96.4 cm³/mol. The van der Waals surface area contributed by atoms with E-state index in [-0.39, 0.29) is 23.5 Å². The summed E-state index contributed by atoms with van der Waals surface area (Å²) in [6, 6.07) is 9.22. The SMILES string of the molecule is O=C(NCC1(C(=O)O)CC1)c1ccc(S(=O)(=O)NCc2cccs2)cc1. The van der Waals surface area contributed by atoms with Crippen molar-refractivity contribution < 1.29 is 23.1 Å². The van der Waals surface area contributed by atoms with E-state index in [4.69, 9.17) is 5.11 Å². The molecule has 1 amide bonds. The van der Waals surface area contributed by atoms with Crippen molar-refractivity contribution >= 4 is 33.2 Å². The van der Waals surface area contributed by atoms with Gasteiger partial charge in [0, 0.05) is 23.5 Å². The Morgan fingerprint density at radius 3 is 2.38 bits per heavy atom. The number of carboxylic acids is 1. The fraction of sp³-hybridized carbons (Fsp3) is 0.294. The first kappa shape index (κ1) is 18.6. The lowest BCUT2D eigenvalue weighted by molar-refractivity contribution is -0.143. The lowest BCUT2D eigenvalue weighted by Crippen LogP contribution is -2.34. The third kappa shape index (κ3) is 4.12. The van der Waals surface area contributed by atoms with Crippen LogP contribution in [0.3, 0.4) is 0 Å². The lowest BCUT2D eigenvalue weighted by atomic mass is 10.1. The monoisotopic (exact) mass is 394 g/mol. The highest BCUT2D eigenvalue weighted by molar-refractivity contribution is 7.89. The molecule has 1 saturated carbocycles.